The molecule has 0 saturated heterocycles. The van der Waals surface area contributed by atoms with E-state index in [9.17, 15) is 16.8 Å². The molecule has 0 aliphatic heterocycles. The summed E-state index contributed by atoms with van der Waals surface area (Å²) < 4.78 is 58.2. The normalized spacial score (nSPS) is 15.4. The second kappa shape index (κ2) is 5.06. The van der Waals surface area contributed by atoms with Crippen molar-refractivity contribution in [2.24, 2.45) is 5.92 Å². The highest BCUT2D eigenvalue weighted by molar-refractivity contribution is 7.86. The molecule has 14 heavy (non-hydrogen) atoms. The van der Waals surface area contributed by atoms with E-state index in [-0.39, 0.29) is 18.1 Å². The van der Waals surface area contributed by atoms with Crippen LogP contribution in [-0.4, -0.2) is 37.4 Å². The van der Waals surface area contributed by atoms with Gasteiger partial charge >= 0.3 is 0 Å². The Morgan fingerprint density at radius 3 is 1.93 bits per heavy atom. The molecule has 0 aliphatic rings. The van der Waals surface area contributed by atoms with E-state index in [2.05, 4.69) is 0 Å². The summed E-state index contributed by atoms with van der Waals surface area (Å²) >= 11 is 0. The molecule has 0 saturated carbocycles. The molecule has 0 aromatic rings. The van der Waals surface area contributed by atoms with Crippen LogP contribution in [0.3, 0.4) is 0 Å². The Labute approximate surface area is 83.8 Å². The average Bonchev–Trinajstić information content (AvgIpc) is 1.78. The lowest BCUT2D eigenvalue weighted by Gasteiger charge is -2.07. The molecule has 0 radical (unpaired) electrons. The molecule has 0 fully saturated rings. The molecule has 0 amide bonds. The molecule has 0 aromatic heterocycles. The first-order valence-corrected chi connectivity index (χ1v) is 7.22. The van der Waals surface area contributed by atoms with Gasteiger partial charge in [-0.25, -0.2) is 0 Å². The molecule has 2 N–H and O–H groups in total. The van der Waals surface area contributed by atoms with Crippen molar-refractivity contribution in [2.75, 3.05) is 11.5 Å². The van der Waals surface area contributed by atoms with E-state index in [1.54, 1.807) is 6.92 Å². The van der Waals surface area contributed by atoms with Crippen LogP contribution in [0.2, 0.25) is 0 Å². The molecular formula is C6H14O6S2. The summed E-state index contributed by atoms with van der Waals surface area (Å²) in [6, 6.07) is 0. The van der Waals surface area contributed by atoms with Gasteiger partial charge < -0.3 is 0 Å². The molecule has 0 bridgehead atoms. The molecule has 0 spiro atoms. The zero-order chi connectivity index (χ0) is 11.4. The molecule has 6 nitrogen and oxygen atoms in total. The van der Waals surface area contributed by atoms with E-state index < -0.39 is 26.0 Å². The fourth-order valence-electron chi connectivity index (χ4n) is 1.06. The SMILES string of the molecule is CC(CCCS(=O)(=O)O)CS(=O)(=O)O. The first-order chi connectivity index (χ1) is 6.10. The molecule has 86 valence electrons. The Hall–Kier alpha value is -0.180. The van der Waals surface area contributed by atoms with Crippen molar-refractivity contribution >= 4 is 20.2 Å². The van der Waals surface area contributed by atoms with Crippen molar-refractivity contribution in [3.8, 4) is 0 Å². The summed E-state index contributed by atoms with van der Waals surface area (Å²) in [5, 5.41) is 0. The molecule has 0 aromatic carbocycles. The van der Waals surface area contributed by atoms with Gasteiger partial charge in [-0.2, -0.15) is 16.8 Å². The van der Waals surface area contributed by atoms with Crippen molar-refractivity contribution in [3.05, 3.63) is 0 Å². The van der Waals surface area contributed by atoms with Gasteiger partial charge in [0.25, 0.3) is 20.2 Å². The van der Waals surface area contributed by atoms with Crippen molar-refractivity contribution < 1.29 is 25.9 Å². The van der Waals surface area contributed by atoms with Crippen LogP contribution in [0, 0.1) is 5.92 Å². The molecule has 0 aliphatic carbocycles. The summed E-state index contributed by atoms with van der Waals surface area (Å²) in [6.45, 7) is 1.58. The van der Waals surface area contributed by atoms with Gasteiger partial charge in [0.15, 0.2) is 0 Å². The van der Waals surface area contributed by atoms with E-state index >= 15 is 0 Å². The van der Waals surface area contributed by atoms with Crippen molar-refractivity contribution in [1.82, 2.24) is 0 Å². The highest BCUT2D eigenvalue weighted by Crippen LogP contribution is 2.08. The fourth-order valence-corrected chi connectivity index (χ4v) is 2.47. The van der Waals surface area contributed by atoms with E-state index in [0.717, 1.165) is 0 Å². The third-order valence-corrected chi connectivity index (χ3v) is 3.39. The summed E-state index contributed by atoms with van der Waals surface area (Å²) in [7, 11) is -7.98. The zero-order valence-electron chi connectivity index (χ0n) is 7.75. The average molecular weight is 246 g/mol. The van der Waals surface area contributed by atoms with Crippen LogP contribution in [0.4, 0.5) is 0 Å². The van der Waals surface area contributed by atoms with E-state index in [1.807, 2.05) is 0 Å². The third-order valence-electron chi connectivity index (χ3n) is 1.59. The van der Waals surface area contributed by atoms with Crippen molar-refractivity contribution in [2.45, 2.75) is 19.8 Å². The Bertz CT molecular complexity index is 354. The second-order valence-corrected chi connectivity index (χ2v) is 6.35. The maximum absolute atomic E-state index is 10.4. The minimum Gasteiger partial charge on any atom is -0.286 e. The van der Waals surface area contributed by atoms with Gasteiger partial charge in [-0.15, -0.1) is 0 Å². The molecule has 1 unspecified atom stereocenters. The second-order valence-electron chi connectivity index (χ2n) is 3.28. The largest absolute Gasteiger partial charge is 0.286 e. The first kappa shape index (κ1) is 13.8. The Kier molecular flexibility index (Phi) is 4.99. The van der Waals surface area contributed by atoms with Crippen LogP contribution in [0.1, 0.15) is 19.8 Å². The molecule has 0 heterocycles. The van der Waals surface area contributed by atoms with Gasteiger partial charge in [0, 0.05) is 0 Å². The van der Waals surface area contributed by atoms with Crippen molar-refractivity contribution in [1.29, 1.82) is 0 Å². The summed E-state index contributed by atoms with van der Waals surface area (Å²) in [6.07, 6.45) is 0.495. The summed E-state index contributed by atoms with van der Waals surface area (Å²) in [4.78, 5) is 0. The minimum atomic E-state index is -4.00. The Morgan fingerprint density at radius 2 is 1.57 bits per heavy atom. The van der Waals surface area contributed by atoms with E-state index in [1.165, 1.54) is 0 Å². The van der Waals surface area contributed by atoms with E-state index in [4.69, 9.17) is 9.11 Å². The van der Waals surface area contributed by atoms with Crippen LogP contribution in [-0.2, 0) is 20.2 Å². The molecule has 0 rings (SSSR count). The predicted molar refractivity (Wildman–Crippen MR) is 51.2 cm³/mol. The monoisotopic (exact) mass is 246 g/mol. The van der Waals surface area contributed by atoms with Gasteiger partial charge in [0.2, 0.25) is 0 Å². The Morgan fingerprint density at radius 1 is 1.07 bits per heavy atom. The van der Waals surface area contributed by atoms with Crippen LogP contribution < -0.4 is 0 Å². The number of hydrogen-bond acceptors (Lipinski definition) is 4. The lowest BCUT2D eigenvalue weighted by atomic mass is 10.1. The maximum atomic E-state index is 10.4. The standard InChI is InChI=1S/C6H14O6S2/c1-6(5-14(10,11)12)3-2-4-13(7,8)9/h6H,2-5H2,1H3,(H,7,8,9)(H,10,11,12). The van der Waals surface area contributed by atoms with E-state index in [0.29, 0.717) is 6.42 Å². The predicted octanol–water partition coefficient (Wildman–Crippen LogP) is 0.178. The lowest BCUT2D eigenvalue weighted by molar-refractivity contribution is 0.459. The smallest absolute Gasteiger partial charge is 0.265 e. The summed E-state index contributed by atoms with van der Waals surface area (Å²) in [5.74, 6) is -1.10. The van der Waals surface area contributed by atoms with Crippen LogP contribution in [0.25, 0.3) is 0 Å². The van der Waals surface area contributed by atoms with Gasteiger partial charge in [-0.1, -0.05) is 6.92 Å². The number of hydrogen-bond donors (Lipinski definition) is 2. The third kappa shape index (κ3) is 9.90. The van der Waals surface area contributed by atoms with Crippen molar-refractivity contribution in [3.63, 3.8) is 0 Å². The van der Waals surface area contributed by atoms with Crippen LogP contribution in [0.15, 0.2) is 0 Å². The maximum Gasteiger partial charge on any atom is 0.265 e. The summed E-state index contributed by atoms with van der Waals surface area (Å²) in [5.41, 5.74) is 0. The topological polar surface area (TPSA) is 109 Å². The van der Waals surface area contributed by atoms with Gasteiger partial charge in [0.05, 0.1) is 11.5 Å². The highest BCUT2D eigenvalue weighted by Gasteiger charge is 2.13. The first-order valence-electron chi connectivity index (χ1n) is 4.00. The number of rotatable bonds is 6. The molecular weight excluding hydrogens is 232 g/mol. The lowest BCUT2D eigenvalue weighted by Crippen LogP contribution is -2.14. The van der Waals surface area contributed by atoms with Gasteiger partial charge in [0.1, 0.15) is 0 Å². The minimum absolute atomic E-state index is 0.176. The zero-order valence-corrected chi connectivity index (χ0v) is 9.38. The molecule has 8 heteroatoms. The quantitative estimate of drug-likeness (QED) is 0.647. The highest BCUT2D eigenvalue weighted by atomic mass is 32.2. The fraction of sp³-hybridized carbons (Fsp3) is 1.00. The Balaban J connectivity index is 3.82. The van der Waals surface area contributed by atoms with Crippen LogP contribution in [0.5, 0.6) is 0 Å². The molecule has 1 atom stereocenters. The van der Waals surface area contributed by atoms with Gasteiger partial charge in [-0.05, 0) is 18.8 Å². The van der Waals surface area contributed by atoms with Gasteiger partial charge in [-0.3, -0.25) is 9.11 Å². The van der Waals surface area contributed by atoms with Crippen LogP contribution >= 0.6 is 0 Å².